The summed E-state index contributed by atoms with van der Waals surface area (Å²) in [6, 6.07) is 12.1. The summed E-state index contributed by atoms with van der Waals surface area (Å²) in [6.07, 6.45) is 8.52. The highest BCUT2D eigenvalue weighted by Crippen LogP contribution is 2.21. The number of anilines is 3. The second-order valence-electron chi connectivity index (χ2n) is 6.50. The van der Waals surface area contributed by atoms with E-state index in [0.717, 1.165) is 30.6 Å². The highest BCUT2D eigenvalue weighted by molar-refractivity contribution is 5.88. The van der Waals surface area contributed by atoms with Crippen molar-refractivity contribution >= 4 is 23.2 Å². The number of benzene rings is 1. The fraction of sp³-hybridized carbons (Fsp3) is 0.400. The van der Waals surface area contributed by atoms with Crippen LogP contribution in [0.4, 0.5) is 22.0 Å². The van der Waals surface area contributed by atoms with Gasteiger partial charge in [0.05, 0.1) is 11.9 Å². The van der Waals surface area contributed by atoms with E-state index in [1.165, 1.54) is 24.8 Å². The zero-order valence-electron chi connectivity index (χ0n) is 14.7. The molecule has 1 aromatic carbocycles. The molecule has 1 heterocycles. The van der Waals surface area contributed by atoms with Gasteiger partial charge in [-0.3, -0.25) is 5.32 Å². The highest BCUT2D eigenvalue weighted by Gasteiger charge is 2.15. The molecular weight excluding hydrogens is 312 g/mol. The van der Waals surface area contributed by atoms with Crippen molar-refractivity contribution < 1.29 is 4.79 Å². The Morgan fingerprint density at radius 1 is 1.12 bits per heavy atom. The zero-order valence-corrected chi connectivity index (χ0v) is 14.7. The van der Waals surface area contributed by atoms with Gasteiger partial charge in [0, 0.05) is 11.7 Å². The number of amides is 2. The number of hydrogen-bond donors (Lipinski definition) is 3. The molecule has 1 aliphatic carbocycles. The largest absolute Gasteiger partial charge is 0.354 e. The first-order chi connectivity index (χ1) is 12.2. The molecule has 1 saturated carbocycles. The summed E-state index contributed by atoms with van der Waals surface area (Å²) in [5, 5.41) is 9.22. The van der Waals surface area contributed by atoms with Crippen LogP contribution < -0.4 is 16.0 Å². The molecule has 0 spiro atoms. The van der Waals surface area contributed by atoms with Crippen molar-refractivity contribution in [2.45, 2.75) is 51.5 Å². The van der Waals surface area contributed by atoms with E-state index in [9.17, 15) is 4.79 Å². The fourth-order valence-corrected chi connectivity index (χ4v) is 3.23. The molecule has 25 heavy (non-hydrogen) atoms. The number of carbonyl (C=O) groups is 1. The number of nitrogens with zero attached hydrogens (tertiary/aromatic N) is 1. The first-order valence-corrected chi connectivity index (χ1v) is 9.13. The summed E-state index contributed by atoms with van der Waals surface area (Å²) in [5.41, 5.74) is 3.25. The number of nitrogens with one attached hydrogen (secondary N) is 3. The highest BCUT2D eigenvalue weighted by atomic mass is 16.2. The second-order valence-corrected chi connectivity index (χ2v) is 6.50. The van der Waals surface area contributed by atoms with Crippen molar-refractivity contribution in [1.29, 1.82) is 0 Å². The van der Waals surface area contributed by atoms with Crippen molar-refractivity contribution in [2.75, 3.05) is 10.6 Å². The van der Waals surface area contributed by atoms with Crippen LogP contribution in [0.5, 0.6) is 0 Å². The number of pyridine rings is 1. The van der Waals surface area contributed by atoms with E-state index in [1.54, 1.807) is 6.20 Å². The van der Waals surface area contributed by atoms with E-state index < -0.39 is 0 Å². The summed E-state index contributed by atoms with van der Waals surface area (Å²) in [4.78, 5) is 16.4. The van der Waals surface area contributed by atoms with Gasteiger partial charge >= 0.3 is 6.03 Å². The molecule has 2 aromatic rings. The first kappa shape index (κ1) is 17.3. The average Bonchev–Trinajstić information content (AvgIpc) is 2.64. The van der Waals surface area contributed by atoms with Crippen molar-refractivity contribution in [1.82, 2.24) is 10.3 Å². The zero-order chi connectivity index (χ0) is 17.5. The molecule has 5 heteroatoms. The summed E-state index contributed by atoms with van der Waals surface area (Å²) in [6.45, 7) is 2.14. The van der Waals surface area contributed by atoms with E-state index in [-0.39, 0.29) is 6.03 Å². The van der Waals surface area contributed by atoms with Gasteiger partial charge in [0.15, 0.2) is 0 Å². The summed E-state index contributed by atoms with van der Waals surface area (Å²) < 4.78 is 0. The third-order valence-electron chi connectivity index (χ3n) is 4.62. The molecule has 0 atom stereocenters. The molecule has 3 N–H and O–H groups in total. The Morgan fingerprint density at radius 2 is 1.92 bits per heavy atom. The molecule has 132 valence electrons. The van der Waals surface area contributed by atoms with Crippen LogP contribution in [-0.4, -0.2) is 17.1 Å². The van der Waals surface area contributed by atoms with Crippen LogP contribution in [0.15, 0.2) is 42.6 Å². The predicted octanol–water partition coefficient (Wildman–Crippen LogP) is 4.84. The monoisotopic (exact) mass is 338 g/mol. The SMILES string of the molecule is CCc1ccccc1Nc1ccc(NC(=O)NC2CCCCC2)nc1. The summed E-state index contributed by atoms with van der Waals surface area (Å²) >= 11 is 0. The Morgan fingerprint density at radius 3 is 2.64 bits per heavy atom. The summed E-state index contributed by atoms with van der Waals surface area (Å²) in [5.74, 6) is 0.558. The molecule has 0 radical (unpaired) electrons. The van der Waals surface area contributed by atoms with Crippen molar-refractivity contribution in [3.63, 3.8) is 0 Å². The number of urea groups is 1. The minimum atomic E-state index is -0.170. The second kappa shape index (κ2) is 8.51. The molecule has 0 aliphatic heterocycles. The van der Waals surface area contributed by atoms with E-state index in [2.05, 4.69) is 40.0 Å². The normalized spacial score (nSPS) is 14.8. The number of hydrogen-bond acceptors (Lipinski definition) is 3. The van der Waals surface area contributed by atoms with Crippen LogP contribution in [0.2, 0.25) is 0 Å². The Hall–Kier alpha value is -2.56. The van der Waals surface area contributed by atoms with Gasteiger partial charge in [-0.15, -0.1) is 0 Å². The lowest BCUT2D eigenvalue weighted by molar-refractivity contribution is 0.244. The van der Waals surface area contributed by atoms with Gasteiger partial charge in [-0.1, -0.05) is 44.4 Å². The first-order valence-electron chi connectivity index (χ1n) is 9.13. The van der Waals surface area contributed by atoms with E-state index in [1.807, 2.05) is 24.3 Å². The van der Waals surface area contributed by atoms with Crippen LogP contribution in [0.1, 0.15) is 44.6 Å². The van der Waals surface area contributed by atoms with Crippen LogP contribution in [0.3, 0.4) is 0 Å². The Kier molecular flexibility index (Phi) is 5.88. The van der Waals surface area contributed by atoms with Crippen molar-refractivity contribution in [3.8, 4) is 0 Å². The maximum Gasteiger partial charge on any atom is 0.320 e. The molecule has 3 rings (SSSR count). The molecule has 0 bridgehead atoms. The van der Waals surface area contributed by atoms with E-state index in [0.29, 0.717) is 11.9 Å². The van der Waals surface area contributed by atoms with Gasteiger partial charge in [0.25, 0.3) is 0 Å². The third kappa shape index (κ3) is 4.95. The summed E-state index contributed by atoms with van der Waals surface area (Å²) in [7, 11) is 0. The van der Waals surface area contributed by atoms with Gasteiger partial charge in [-0.25, -0.2) is 9.78 Å². The molecule has 1 aromatic heterocycles. The van der Waals surface area contributed by atoms with Crippen LogP contribution in [0, 0.1) is 0 Å². The lowest BCUT2D eigenvalue weighted by atomic mass is 9.96. The predicted molar refractivity (Wildman–Crippen MR) is 102 cm³/mol. The number of para-hydroxylation sites is 1. The van der Waals surface area contributed by atoms with Gasteiger partial charge in [0.1, 0.15) is 5.82 Å². The number of carbonyl (C=O) groups excluding carboxylic acids is 1. The minimum Gasteiger partial charge on any atom is -0.354 e. The molecular formula is C20H26N4O. The van der Waals surface area contributed by atoms with Gasteiger partial charge in [-0.2, -0.15) is 0 Å². The number of aromatic nitrogens is 1. The van der Waals surface area contributed by atoms with Crippen LogP contribution in [-0.2, 0) is 6.42 Å². The molecule has 2 amide bonds. The molecule has 0 unspecified atom stereocenters. The fourth-order valence-electron chi connectivity index (χ4n) is 3.23. The van der Waals surface area contributed by atoms with Crippen molar-refractivity contribution in [2.24, 2.45) is 0 Å². The smallest absolute Gasteiger partial charge is 0.320 e. The lowest BCUT2D eigenvalue weighted by Gasteiger charge is -2.22. The number of aryl methyl sites for hydroxylation is 1. The number of rotatable bonds is 5. The third-order valence-corrected chi connectivity index (χ3v) is 4.62. The Bertz CT molecular complexity index is 693. The topological polar surface area (TPSA) is 66.0 Å². The van der Waals surface area contributed by atoms with Crippen LogP contribution in [0.25, 0.3) is 0 Å². The van der Waals surface area contributed by atoms with Gasteiger partial charge in [0.2, 0.25) is 0 Å². The Balaban J connectivity index is 1.55. The molecule has 5 nitrogen and oxygen atoms in total. The van der Waals surface area contributed by atoms with E-state index >= 15 is 0 Å². The molecule has 0 saturated heterocycles. The lowest BCUT2D eigenvalue weighted by Crippen LogP contribution is -2.39. The maximum atomic E-state index is 12.1. The standard InChI is InChI=1S/C20H26N4O/c1-2-15-8-6-7-11-18(15)22-17-12-13-19(21-14-17)24-20(25)23-16-9-4-3-5-10-16/h6-8,11-14,16,22H,2-5,9-10H2,1H3,(H2,21,23,24,25). The van der Waals surface area contributed by atoms with Crippen LogP contribution >= 0.6 is 0 Å². The Labute approximate surface area is 149 Å². The van der Waals surface area contributed by atoms with Gasteiger partial charge < -0.3 is 10.6 Å². The van der Waals surface area contributed by atoms with Crippen molar-refractivity contribution in [3.05, 3.63) is 48.2 Å². The quantitative estimate of drug-likeness (QED) is 0.730. The molecule has 1 aliphatic rings. The maximum absolute atomic E-state index is 12.1. The molecule has 1 fully saturated rings. The van der Waals surface area contributed by atoms with Gasteiger partial charge in [-0.05, 0) is 43.0 Å². The minimum absolute atomic E-state index is 0.170. The average molecular weight is 338 g/mol. The van der Waals surface area contributed by atoms with E-state index in [4.69, 9.17) is 0 Å².